The summed E-state index contributed by atoms with van der Waals surface area (Å²) in [6.45, 7) is 4.89. The van der Waals surface area contributed by atoms with Crippen LogP contribution < -0.4 is 10.2 Å². The van der Waals surface area contributed by atoms with E-state index in [9.17, 15) is 4.79 Å². The molecule has 0 unspecified atom stereocenters. The number of rotatable bonds is 6. The average Bonchev–Trinajstić information content (AvgIpc) is 3.13. The lowest BCUT2D eigenvalue weighted by atomic mass is 10.2. The van der Waals surface area contributed by atoms with Gasteiger partial charge in [0.05, 0.1) is 6.54 Å². The fraction of sp³-hybridized carbons (Fsp3) is 0.533. The fourth-order valence-corrected chi connectivity index (χ4v) is 2.65. The van der Waals surface area contributed by atoms with Crippen molar-refractivity contribution < 1.29 is 4.79 Å². The zero-order valence-corrected chi connectivity index (χ0v) is 13.8. The third-order valence-corrected chi connectivity index (χ3v) is 4.11. The molecule has 0 atom stereocenters. The van der Waals surface area contributed by atoms with Gasteiger partial charge in [-0.1, -0.05) is 6.07 Å². The van der Waals surface area contributed by atoms with E-state index < -0.39 is 0 Å². The summed E-state index contributed by atoms with van der Waals surface area (Å²) < 4.78 is 1.54. The standard InChI is InChI=1S/C15H22N8O/c1-21-7-9-22(10-8-21)15-13(3-2-5-16-15)11-17-14(24)4-6-23-12-18-19-20-23/h2-3,5,12H,4,6-11H2,1H3,(H,17,24). The van der Waals surface area contributed by atoms with Gasteiger partial charge in [0.15, 0.2) is 0 Å². The van der Waals surface area contributed by atoms with Crippen molar-refractivity contribution >= 4 is 11.7 Å². The van der Waals surface area contributed by atoms with Gasteiger partial charge < -0.3 is 15.1 Å². The van der Waals surface area contributed by atoms with Gasteiger partial charge in [0, 0.05) is 50.9 Å². The number of aromatic nitrogens is 5. The molecule has 128 valence electrons. The van der Waals surface area contributed by atoms with Gasteiger partial charge in [0.2, 0.25) is 5.91 Å². The smallest absolute Gasteiger partial charge is 0.222 e. The molecule has 3 rings (SSSR count). The topological polar surface area (TPSA) is 92.1 Å². The fourth-order valence-electron chi connectivity index (χ4n) is 2.65. The van der Waals surface area contributed by atoms with Crippen molar-refractivity contribution in [3.63, 3.8) is 0 Å². The second kappa shape index (κ2) is 7.82. The maximum atomic E-state index is 12.0. The van der Waals surface area contributed by atoms with Crippen molar-refractivity contribution in [2.45, 2.75) is 19.5 Å². The summed E-state index contributed by atoms with van der Waals surface area (Å²) in [6, 6.07) is 3.92. The number of carbonyl (C=O) groups is 1. The maximum absolute atomic E-state index is 12.0. The van der Waals surface area contributed by atoms with Gasteiger partial charge in [-0.15, -0.1) is 5.10 Å². The van der Waals surface area contributed by atoms with Crippen LogP contribution in [-0.4, -0.2) is 69.2 Å². The van der Waals surface area contributed by atoms with E-state index in [0.717, 1.165) is 37.6 Å². The highest BCUT2D eigenvalue weighted by atomic mass is 16.1. The highest BCUT2D eigenvalue weighted by Crippen LogP contribution is 2.18. The summed E-state index contributed by atoms with van der Waals surface area (Å²) in [5, 5.41) is 13.8. The number of likely N-dealkylation sites (N-methyl/N-ethyl adjacent to an activating group) is 1. The number of hydrogen-bond acceptors (Lipinski definition) is 7. The lowest BCUT2D eigenvalue weighted by Crippen LogP contribution is -2.45. The molecule has 0 aromatic carbocycles. The third-order valence-electron chi connectivity index (χ3n) is 4.11. The number of aryl methyl sites for hydroxylation is 1. The summed E-state index contributed by atoms with van der Waals surface area (Å²) in [5.74, 6) is 0.935. The minimum absolute atomic E-state index is 0.0290. The molecule has 24 heavy (non-hydrogen) atoms. The van der Waals surface area contributed by atoms with Crippen molar-refractivity contribution in [1.82, 2.24) is 35.4 Å². The SMILES string of the molecule is CN1CCN(c2ncccc2CNC(=O)CCn2cnnn2)CC1. The van der Waals surface area contributed by atoms with E-state index in [-0.39, 0.29) is 5.91 Å². The molecule has 1 aliphatic rings. The van der Waals surface area contributed by atoms with Gasteiger partial charge in [-0.2, -0.15) is 0 Å². The Kier molecular flexibility index (Phi) is 5.32. The Balaban J connectivity index is 1.54. The Morgan fingerprint density at radius 2 is 2.12 bits per heavy atom. The molecule has 0 saturated carbocycles. The van der Waals surface area contributed by atoms with Crippen LogP contribution in [-0.2, 0) is 17.9 Å². The molecular weight excluding hydrogens is 308 g/mol. The van der Waals surface area contributed by atoms with Gasteiger partial charge in [-0.3, -0.25) is 4.79 Å². The van der Waals surface area contributed by atoms with Crippen LogP contribution >= 0.6 is 0 Å². The van der Waals surface area contributed by atoms with E-state index in [0.29, 0.717) is 19.5 Å². The van der Waals surface area contributed by atoms with Crippen LogP contribution in [0.5, 0.6) is 0 Å². The van der Waals surface area contributed by atoms with Gasteiger partial charge >= 0.3 is 0 Å². The molecule has 3 heterocycles. The van der Waals surface area contributed by atoms with Crippen LogP contribution in [0.1, 0.15) is 12.0 Å². The molecule has 9 heteroatoms. The summed E-state index contributed by atoms with van der Waals surface area (Å²) in [5.41, 5.74) is 1.04. The molecule has 1 aliphatic heterocycles. The maximum Gasteiger partial charge on any atom is 0.222 e. The second-order valence-corrected chi connectivity index (χ2v) is 5.88. The van der Waals surface area contributed by atoms with Crippen LogP contribution in [0.25, 0.3) is 0 Å². The zero-order chi connectivity index (χ0) is 16.8. The first-order valence-corrected chi connectivity index (χ1v) is 8.07. The number of piperazine rings is 1. The average molecular weight is 330 g/mol. The predicted octanol–water partition coefficient (Wildman–Crippen LogP) is -0.474. The summed E-state index contributed by atoms with van der Waals surface area (Å²) in [6.07, 6.45) is 3.64. The van der Waals surface area contributed by atoms with Crippen molar-refractivity contribution in [3.05, 3.63) is 30.2 Å². The van der Waals surface area contributed by atoms with E-state index >= 15 is 0 Å². The molecule has 0 aliphatic carbocycles. The molecular formula is C15H22N8O. The van der Waals surface area contributed by atoms with Crippen LogP contribution in [0.15, 0.2) is 24.7 Å². The molecule has 1 fully saturated rings. The Hall–Kier alpha value is -2.55. The first-order valence-electron chi connectivity index (χ1n) is 8.07. The molecule has 9 nitrogen and oxygen atoms in total. The van der Waals surface area contributed by atoms with E-state index in [4.69, 9.17) is 0 Å². The van der Waals surface area contributed by atoms with Gasteiger partial charge in [-0.25, -0.2) is 9.67 Å². The summed E-state index contributed by atoms with van der Waals surface area (Å²) in [7, 11) is 2.13. The quantitative estimate of drug-likeness (QED) is 0.765. The molecule has 1 saturated heterocycles. The van der Waals surface area contributed by atoms with Crippen molar-refractivity contribution in [1.29, 1.82) is 0 Å². The molecule has 0 radical (unpaired) electrons. The van der Waals surface area contributed by atoms with E-state index in [2.05, 4.69) is 42.7 Å². The minimum atomic E-state index is -0.0290. The number of hydrogen-bond donors (Lipinski definition) is 1. The summed E-state index contributed by atoms with van der Waals surface area (Å²) in [4.78, 5) is 21.1. The molecule has 0 bridgehead atoms. The third kappa shape index (κ3) is 4.25. The molecule has 2 aromatic heterocycles. The van der Waals surface area contributed by atoms with E-state index in [1.54, 1.807) is 10.9 Å². The van der Waals surface area contributed by atoms with Crippen LogP contribution in [0.2, 0.25) is 0 Å². The van der Waals surface area contributed by atoms with Crippen molar-refractivity contribution in [3.8, 4) is 0 Å². The number of pyridine rings is 1. The first kappa shape index (κ1) is 16.3. The first-order chi connectivity index (χ1) is 11.7. The Bertz CT molecular complexity index is 651. The highest BCUT2D eigenvalue weighted by molar-refractivity contribution is 5.76. The van der Waals surface area contributed by atoms with Crippen LogP contribution in [0.3, 0.4) is 0 Å². The Labute approximate surface area is 140 Å². The number of anilines is 1. The number of tetrazole rings is 1. The molecule has 2 aromatic rings. The lowest BCUT2D eigenvalue weighted by molar-refractivity contribution is -0.121. The predicted molar refractivity (Wildman–Crippen MR) is 88.2 cm³/mol. The van der Waals surface area contributed by atoms with Crippen molar-refractivity contribution in [2.75, 3.05) is 38.1 Å². The van der Waals surface area contributed by atoms with Crippen molar-refractivity contribution in [2.24, 2.45) is 0 Å². The largest absolute Gasteiger partial charge is 0.354 e. The lowest BCUT2D eigenvalue weighted by Gasteiger charge is -2.34. The number of amides is 1. The number of carbonyl (C=O) groups excluding carboxylic acids is 1. The second-order valence-electron chi connectivity index (χ2n) is 5.88. The van der Waals surface area contributed by atoms with Crippen LogP contribution in [0, 0.1) is 0 Å². The zero-order valence-electron chi connectivity index (χ0n) is 13.8. The molecule has 0 spiro atoms. The van der Waals surface area contributed by atoms with Gasteiger partial charge in [0.1, 0.15) is 12.1 Å². The molecule has 1 N–H and O–H groups in total. The number of nitrogens with zero attached hydrogens (tertiary/aromatic N) is 7. The monoisotopic (exact) mass is 330 g/mol. The Morgan fingerprint density at radius 3 is 2.88 bits per heavy atom. The van der Waals surface area contributed by atoms with Gasteiger partial charge in [-0.05, 0) is 23.5 Å². The summed E-state index contributed by atoms with van der Waals surface area (Å²) >= 11 is 0. The Morgan fingerprint density at radius 1 is 1.29 bits per heavy atom. The van der Waals surface area contributed by atoms with Gasteiger partial charge in [0.25, 0.3) is 0 Å². The van der Waals surface area contributed by atoms with E-state index in [1.807, 2.05) is 12.1 Å². The van der Waals surface area contributed by atoms with E-state index in [1.165, 1.54) is 6.33 Å². The number of nitrogens with one attached hydrogen (secondary N) is 1. The minimum Gasteiger partial charge on any atom is -0.354 e. The van der Waals surface area contributed by atoms with Crippen LogP contribution in [0.4, 0.5) is 5.82 Å². The normalized spacial score (nSPS) is 15.5. The highest BCUT2D eigenvalue weighted by Gasteiger charge is 2.18. The molecule has 1 amide bonds.